The number of aromatic nitrogens is 3. The third-order valence-electron chi connectivity index (χ3n) is 3.69. The molecule has 0 bridgehead atoms. The topological polar surface area (TPSA) is 67.1 Å². The number of rotatable bonds is 4. The Hall–Kier alpha value is -2.37. The fourth-order valence-electron chi connectivity index (χ4n) is 2.19. The molecular weight excluding hydrogens is 264 g/mol. The molecule has 2 atom stereocenters. The number of hydrogen-bond acceptors (Lipinski definition) is 3. The van der Waals surface area contributed by atoms with Gasteiger partial charge in [0.25, 0.3) is 0 Å². The van der Waals surface area contributed by atoms with Gasteiger partial charge in [0.2, 0.25) is 0 Å². The van der Waals surface area contributed by atoms with Crippen LogP contribution in [-0.4, -0.2) is 33.6 Å². The van der Waals surface area contributed by atoms with E-state index in [0.717, 1.165) is 23.3 Å². The van der Waals surface area contributed by atoms with Gasteiger partial charge < -0.3 is 10.6 Å². The highest BCUT2D eigenvalue weighted by Gasteiger charge is 2.33. The molecule has 0 radical (unpaired) electrons. The quantitative estimate of drug-likeness (QED) is 0.657. The summed E-state index contributed by atoms with van der Waals surface area (Å²) in [6.07, 6.45) is 8.41. The molecule has 0 aromatic carbocycles. The van der Waals surface area contributed by atoms with Gasteiger partial charge in [-0.15, -0.1) is 0 Å². The van der Waals surface area contributed by atoms with Gasteiger partial charge in [0.1, 0.15) is 12.1 Å². The molecule has 2 N–H and O–H groups in total. The molecule has 21 heavy (non-hydrogen) atoms. The maximum atomic E-state index is 4.35. The zero-order valence-corrected chi connectivity index (χ0v) is 12.3. The van der Waals surface area contributed by atoms with Crippen molar-refractivity contribution in [1.29, 1.82) is 0 Å². The molecule has 0 spiro atoms. The molecule has 6 nitrogen and oxygen atoms in total. The number of nitrogens with one attached hydrogen (secondary N) is 2. The van der Waals surface area contributed by atoms with Crippen molar-refractivity contribution in [2.24, 2.45) is 10.9 Å². The maximum Gasteiger partial charge on any atom is 0.191 e. The third-order valence-corrected chi connectivity index (χ3v) is 3.69. The van der Waals surface area contributed by atoms with Crippen LogP contribution < -0.4 is 10.6 Å². The molecule has 110 valence electrons. The minimum absolute atomic E-state index is 0.565. The van der Waals surface area contributed by atoms with Gasteiger partial charge in [0, 0.05) is 38.2 Å². The highest BCUT2D eigenvalue weighted by molar-refractivity contribution is 5.80. The Balaban J connectivity index is 1.61. The number of nitrogens with zero attached hydrogens (tertiary/aromatic N) is 4. The van der Waals surface area contributed by atoms with E-state index in [1.807, 2.05) is 29.1 Å². The standard InChI is InChI=1S/C15H20N6/c1-11-7-13(11)20-15(16-2)19-9-12-3-4-18-14(8-12)21-6-5-17-10-21/h3-6,8,10-11,13H,7,9H2,1-2H3,(H2,16,19,20). The average molecular weight is 284 g/mol. The zero-order chi connectivity index (χ0) is 14.7. The summed E-state index contributed by atoms with van der Waals surface area (Å²) in [6, 6.07) is 4.61. The second kappa shape index (κ2) is 5.95. The zero-order valence-electron chi connectivity index (χ0n) is 12.3. The largest absolute Gasteiger partial charge is 0.353 e. The van der Waals surface area contributed by atoms with Crippen LogP contribution in [0.25, 0.3) is 5.82 Å². The normalized spacial score (nSPS) is 21.1. The molecular formula is C15H20N6. The Kier molecular flexibility index (Phi) is 3.85. The van der Waals surface area contributed by atoms with Crippen molar-refractivity contribution in [3.63, 3.8) is 0 Å². The van der Waals surface area contributed by atoms with Gasteiger partial charge in [-0.2, -0.15) is 0 Å². The minimum Gasteiger partial charge on any atom is -0.353 e. The molecule has 1 saturated carbocycles. The van der Waals surface area contributed by atoms with Gasteiger partial charge in [-0.1, -0.05) is 6.92 Å². The molecule has 2 unspecified atom stereocenters. The summed E-state index contributed by atoms with van der Waals surface area (Å²) in [5.74, 6) is 2.47. The van der Waals surface area contributed by atoms with Crippen molar-refractivity contribution < 1.29 is 0 Å². The fourth-order valence-corrected chi connectivity index (χ4v) is 2.19. The summed E-state index contributed by atoms with van der Waals surface area (Å²) in [6.45, 7) is 2.95. The van der Waals surface area contributed by atoms with Crippen molar-refractivity contribution in [2.45, 2.75) is 25.9 Å². The van der Waals surface area contributed by atoms with Crippen LogP contribution in [0.1, 0.15) is 18.9 Å². The van der Waals surface area contributed by atoms with Crippen LogP contribution in [0, 0.1) is 5.92 Å². The molecule has 1 aliphatic carbocycles. The van der Waals surface area contributed by atoms with Crippen LogP contribution in [-0.2, 0) is 6.54 Å². The summed E-state index contributed by atoms with van der Waals surface area (Å²) >= 11 is 0. The number of pyridine rings is 1. The smallest absolute Gasteiger partial charge is 0.191 e. The number of imidazole rings is 1. The first-order chi connectivity index (χ1) is 10.3. The highest BCUT2D eigenvalue weighted by atomic mass is 15.2. The van der Waals surface area contributed by atoms with E-state index in [-0.39, 0.29) is 0 Å². The van der Waals surface area contributed by atoms with Crippen LogP contribution in [0.2, 0.25) is 0 Å². The first-order valence-electron chi connectivity index (χ1n) is 7.16. The van der Waals surface area contributed by atoms with Crippen molar-refractivity contribution in [1.82, 2.24) is 25.2 Å². The van der Waals surface area contributed by atoms with Crippen LogP contribution in [0.15, 0.2) is 42.0 Å². The van der Waals surface area contributed by atoms with E-state index in [2.05, 4.69) is 32.5 Å². The molecule has 0 saturated heterocycles. The lowest BCUT2D eigenvalue weighted by molar-refractivity contribution is 0.762. The van der Waals surface area contributed by atoms with E-state index >= 15 is 0 Å². The van der Waals surface area contributed by atoms with Gasteiger partial charge in [-0.25, -0.2) is 9.97 Å². The maximum absolute atomic E-state index is 4.35. The molecule has 0 amide bonds. The lowest BCUT2D eigenvalue weighted by Crippen LogP contribution is -2.38. The highest BCUT2D eigenvalue weighted by Crippen LogP contribution is 2.28. The van der Waals surface area contributed by atoms with Crippen molar-refractivity contribution in [3.05, 3.63) is 42.6 Å². The lowest BCUT2D eigenvalue weighted by Gasteiger charge is -2.12. The Morgan fingerprint density at radius 2 is 2.33 bits per heavy atom. The number of aliphatic imine (C=N–C) groups is 1. The Bertz CT molecular complexity index is 619. The second-order valence-electron chi connectivity index (χ2n) is 5.38. The van der Waals surface area contributed by atoms with E-state index in [9.17, 15) is 0 Å². The van der Waals surface area contributed by atoms with Gasteiger partial charge in [0.15, 0.2) is 5.96 Å². The molecule has 3 rings (SSSR count). The summed E-state index contributed by atoms with van der Waals surface area (Å²) < 4.78 is 1.89. The van der Waals surface area contributed by atoms with E-state index in [4.69, 9.17) is 0 Å². The van der Waals surface area contributed by atoms with Crippen LogP contribution >= 0.6 is 0 Å². The van der Waals surface area contributed by atoms with E-state index < -0.39 is 0 Å². The molecule has 1 fully saturated rings. The van der Waals surface area contributed by atoms with E-state index in [0.29, 0.717) is 12.6 Å². The summed E-state index contributed by atoms with van der Waals surface area (Å²) in [4.78, 5) is 12.6. The van der Waals surface area contributed by atoms with Gasteiger partial charge in [-0.05, 0) is 30.0 Å². The monoisotopic (exact) mass is 284 g/mol. The first kappa shape index (κ1) is 13.6. The molecule has 1 aliphatic rings. The second-order valence-corrected chi connectivity index (χ2v) is 5.38. The molecule has 6 heteroatoms. The van der Waals surface area contributed by atoms with Gasteiger partial charge >= 0.3 is 0 Å². The Labute approximate surface area is 124 Å². The average Bonchev–Trinajstić information content (AvgIpc) is 2.98. The van der Waals surface area contributed by atoms with Gasteiger partial charge in [0.05, 0.1) is 0 Å². The summed E-state index contributed by atoms with van der Waals surface area (Å²) in [7, 11) is 1.80. The lowest BCUT2D eigenvalue weighted by atomic mass is 10.2. The predicted octanol–water partition coefficient (Wildman–Crippen LogP) is 1.34. The fraction of sp³-hybridized carbons (Fsp3) is 0.400. The third kappa shape index (κ3) is 3.39. The molecule has 2 heterocycles. The van der Waals surface area contributed by atoms with Crippen LogP contribution in [0.4, 0.5) is 0 Å². The van der Waals surface area contributed by atoms with Crippen molar-refractivity contribution in [3.8, 4) is 5.82 Å². The number of guanidine groups is 1. The first-order valence-corrected chi connectivity index (χ1v) is 7.16. The SMILES string of the molecule is CN=C(NCc1ccnc(-n2ccnc2)c1)NC1CC1C. The molecule has 2 aromatic rings. The molecule has 2 aromatic heterocycles. The van der Waals surface area contributed by atoms with E-state index in [1.165, 1.54) is 6.42 Å². The van der Waals surface area contributed by atoms with Crippen LogP contribution in [0.5, 0.6) is 0 Å². The summed E-state index contributed by atoms with van der Waals surface area (Å²) in [5.41, 5.74) is 1.15. The van der Waals surface area contributed by atoms with Crippen molar-refractivity contribution >= 4 is 5.96 Å². The van der Waals surface area contributed by atoms with E-state index in [1.54, 1.807) is 19.6 Å². The van der Waals surface area contributed by atoms with Crippen molar-refractivity contribution in [2.75, 3.05) is 7.05 Å². The predicted molar refractivity (Wildman–Crippen MR) is 82.3 cm³/mol. The Morgan fingerprint density at radius 1 is 1.48 bits per heavy atom. The number of hydrogen-bond donors (Lipinski definition) is 2. The molecule has 0 aliphatic heterocycles. The van der Waals surface area contributed by atoms with Crippen LogP contribution in [0.3, 0.4) is 0 Å². The summed E-state index contributed by atoms with van der Waals surface area (Å²) in [5, 5.41) is 6.75. The Morgan fingerprint density at radius 3 is 3.00 bits per heavy atom. The minimum atomic E-state index is 0.565. The van der Waals surface area contributed by atoms with Gasteiger partial charge in [-0.3, -0.25) is 9.56 Å².